The van der Waals surface area contributed by atoms with E-state index in [1.54, 1.807) is 18.2 Å². The van der Waals surface area contributed by atoms with Gasteiger partial charge in [0.1, 0.15) is 5.82 Å². The van der Waals surface area contributed by atoms with Gasteiger partial charge < -0.3 is 15.5 Å². The van der Waals surface area contributed by atoms with Crippen LogP contribution in [-0.2, 0) is 6.42 Å². The number of halogens is 1. The Morgan fingerprint density at radius 2 is 1.53 bits per heavy atom. The number of benzene rings is 3. The third-order valence-corrected chi connectivity index (χ3v) is 6.14. The second kappa shape index (κ2) is 10.9. The highest BCUT2D eigenvalue weighted by atomic mass is 19.1. The lowest BCUT2D eigenvalue weighted by atomic mass is 9.90. The van der Waals surface area contributed by atoms with Gasteiger partial charge in [0, 0.05) is 6.54 Å². The Bertz CT molecular complexity index is 988. The van der Waals surface area contributed by atoms with Crippen LogP contribution in [0.4, 0.5) is 14.9 Å². The summed E-state index contributed by atoms with van der Waals surface area (Å²) in [5, 5.41) is 5.69. The minimum absolute atomic E-state index is 0.173. The van der Waals surface area contributed by atoms with Gasteiger partial charge in [0.05, 0.1) is 11.7 Å². The van der Waals surface area contributed by atoms with Crippen LogP contribution in [0.3, 0.4) is 0 Å². The molecule has 1 heterocycles. The number of anilines is 1. The highest BCUT2D eigenvalue weighted by Gasteiger charge is 2.24. The Kier molecular flexibility index (Phi) is 7.51. The Morgan fingerprint density at radius 1 is 0.906 bits per heavy atom. The Balaban J connectivity index is 1.35. The fourth-order valence-corrected chi connectivity index (χ4v) is 4.38. The molecule has 3 aromatic rings. The standard InChI is InChI=1S/C27H30FN3O/c28-24-13-7-8-14-25(24)29-27(32)30-26(23-11-5-2-6-12-23)20-31-17-15-22(16-18-31)19-21-9-3-1-4-10-21/h1-14,22,26H,15-20H2,(H2,29,30,32)/t26-/m0/s1. The van der Waals surface area contributed by atoms with E-state index < -0.39 is 11.8 Å². The number of carbonyl (C=O) groups is 1. The van der Waals surface area contributed by atoms with Gasteiger partial charge >= 0.3 is 6.03 Å². The topological polar surface area (TPSA) is 44.4 Å². The first kappa shape index (κ1) is 22.0. The normalized spacial score (nSPS) is 15.8. The van der Waals surface area contributed by atoms with Crippen LogP contribution < -0.4 is 10.6 Å². The molecule has 0 radical (unpaired) electrons. The predicted molar refractivity (Wildman–Crippen MR) is 127 cm³/mol. The van der Waals surface area contributed by atoms with Crippen molar-refractivity contribution < 1.29 is 9.18 Å². The van der Waals surface area contributed by atoms with Gasteiger partial charge in [0.2, 0.25) is 0 Å². The van der Waals surface area contributed by atoms with Crippen LogP contribution in [0.15, 0.2) is 84.9 Å². The highest BCUT2D eigenvalue weighted by molar-refractivity contribution is 5.89. The van der Waals surface area contributed by atoms with Crippen LogP contribution in [-0.4, -0.2) is 30.6 Å². The molecule has 4 nitrogen and oxygen atoms in total. The quantitative estimate of drug-likeness (QED) is 0.508. The summed E-state index contributed by atoms with van der Waals surface area (Å²) in [5.41, 5.74) is 2.63. The van der Waals surface area contributed by atoms with Crippen molar-refractivity contribution in [3.05, 3.63) is 102 Å². The average molecular weight is 432 g/mol. The third kappa shape index (κ3) is 6.17. The van der Waals surface area contributed by atoms with Crippen molar-refractivity contribution in [2.45, 2.75) is 25.3 Å². The molecule has 0 unspecified atom stereocenters. The first-order chi connectivity index (χ1) is 15.7. The largest absolute Gasteiger partial charge is 0.330 e. The molecule has 2 amide bonds. The summed E-state index contributed by atoms with van der Waals surface area (Å²) in [6.07, 6.45) is 3.43. The first-order valence-corrected chi connectivity index (χ1v) is 11.3. The minimum atomic E-state index is -0.445. The van der Waals surface area contributed by atoms with Crippen molar-refractivity contribution in [2.24, 2.45) is 5.92 Å². The lowest BCUT2D eigenvalue weighted by molar-refractivity contribution is 0.168. The molecule has 0 aromatic heterocycles. The molecule has 3 aromatic carbocycles. The number of nitrogens with one attached hydrogen (secondary N) is 2. The average Bonchev–Trinajstić information content (AvgIpc) is 2.83. The van der Waals surface area contributed by atoms with E-state index in [1.807, 2.05) is 30.3 Å². The first-order valence-electron chi connectivity index (χ1n) is 11.3. The molecule has 1 aliphatic rings. The van der Waals surface area contributed by atoms with Crippen LogP contribution in [0.5, 0.6) is 0 Å². The fourth-order valence-electron chi connectivity index (χ4n) is 4.38. The van der Waals surface area contributed by atoms with E-state index in [-0.39, 0.29) is 11.7 Å². The zero-order valence-corrected chi connectivity index (χ0v) is 18.2. The van der Waals surface area contributed by atoms with Gasteiger partial charge in [-0.05, 0) is 61.5 Å². The van der Waals surface area contributed by atoms with Crippen LogP contribution in [0.25, 0.3) is 0 Å². The lowest BCUT2D eigenvalue weighted by Gasteiger charge is -2.34. The molecule has 1 saturated heterocycles. The summed E-state index contributed by atoms with van der Waals surface area (Å²) < 4.78 is 13.9. The summed E-state index contributed by atoms with van der Waals surface area (Å²) in [6, 6.07) is 26.3. The molecule has 0 bridgehead atoms. The molecular weight excluding hydrogens is 401 g/mol. The summed E-state index contributed by atoms with van der Waals surface area (Å²) in [6.45, 7) is 2.75. The number of likely N-dealkylation sites (tertiary alicyclic amines) is 1. The second-order valence-corrected chi connectivity index (χ2v) is 8.48. The number of hydrogen-bond acceptors (Lipinski definition) is 2. The van der Waals surface area contributed by atoms with Gasteiger partial charge in [-0.1, -0.05) is 72.8 Å². The Labute approximate surface area is 189 Å². The molecular formula is C27H30FN3O. The van der Waals surface area contributed by atoms with Gasteiger partial charge in [-0.15, -0.1) is 0 Å². The maximum atomic E-state index is 13.9. The second-order valence-electron chi connectivity index (χ2n) is 8.48. The number of piperidine rings is 1. The van der Waals surface area contributed by atoms with Gasteiger partial charge in [-0.25, -0.2) is 9.18 Å². The van der Waals surface area contributed by atoms with E-state index in [9.17, 15) is 9.18 Å². The van der Waals surface area contributed by atoms with E-state index in [1.165, 1.54) is 11.6 Å². The zero-order valence-electron chi connectivity index (χ0n) is 18.2. The molecule has 0 saturated carbocycles. The highest BCUT2D eigenvalue weighted by Crippen LogP contribution is 2.24. The van der Waals surface area contributed by atoms with E-state index >= 15 is 0 Å². The minimum Gasteiger partial charge on any atom is -0.330 e. The van der Waals surface area contributed by atoms with Gasteiger partial charge in [-0.2, -0.15) is 0 Å². The summed E-state index contributed by atoms with van der Waals surface area (Å²) in [5.74, 6) is 0.250. The van der Waals surface area contributed by atoms with Crippen molar-refractivity contribution in [3.8, 4) is 0 Å². The smallest absolute Gasteiger partial charge is 0.319 e. The third-order valence-electron chi connectivity index (χ3n) is 6.14. The lowest BCUT2D eigenvalue weighted by Crippen LogP contribution is -2.43. The SMILES string of the molecule is O=C(Nc1ccccc1F)N[C@@H](CN1CCC(Cc2ccccc2)CC1)c1ccccc1. The number of para-hydroxylation sites is 1. The van der Waals surface area contributed by atoms with Crippen LogP contribution in [0, 0.1) is 11.7 Å². The molecule has 4 rings (SSSR count). The number of nitrogens with zero attached hydrogens (tertiary/aromatic N) is 1. The van der Waals surface area contributed by atoms with Crippen molar-refractivity contribution in [1.82, 2.24) is 10.2 Å². The molecule has 1 aliphatic heterocycles. The zero-order chi connectivity index (χ0) is 22.2. The van der Waals surface area contributed by atoms with Crippen molar-refractivity contribution >= 4 is 11.7 Å². The summed E-state index contributed by atoms with van der Waals surface area (Å²) in [7, 11) is 0. The number of carbonyl (C=O) groups excluding carboxylic acids is 1. The molecule has 2 N–H and O–H groups in total. The molecule has 166 valence electrons. The van der Waals surface area contributed by atoms with Gasteiger partial charge in [0.25, 0.3) is 0 Å². The van der Waals surface area contributed by atoms with Crippen LogP contribution >= 0.6 is 0 Å². The summed E-state index contributed by atoms with van der Waals surface area (Å²) >= 11 is 0. The van der Waals surface area contributed by atoms with Crippen molar-refractivity contribution in [3.63, 3.8) is 0 Å². The number of hydrogen-bond donors (Lipinski definition) is 2. The molecule has 0 spiro atoms. The monoisotopic (exact) mass is 431 g/mol. The van der Waals surface area contributed by atoms with Gasteiger partial charge in [0.15, 0.2) is 0 Å². The number of rotatable bonds is 7. The summed E-state index contributed by atoms with van der Waals surface area (Å²) in [4.78, 5) is 15.1. The number of amides is 2. The van der Waals surface area contributed by atoms with E-state index in [4.69, 9.17) is 0 Å². The van der Waals surface area contributed by atoms with Crippen molar-refractivity contribution in [2.75, 3.05) is 25.0 Å². The van der Waals surface area contributed by atoms with Crippen molar-refractivity contribution in [1.29, 1.82) is 0 Å². The Morgan fingerprint density at radius 3 is 2.22 bits per heavy atom. The number of urea groups is 1. The molecule has 32 heavy (non-hydrogen) atoms. The van der Waals surface area contributed by atoms with Crippen LogP contribution in [0.1, 0.15) is 30.0 Å². The van der Waals surface area contributed by atoms with Crippen LogP contribution in [0.2, 0.25) is 0 Å². The molecule has 0 aliphatic carbocycles. The molecule has 1 fully saturated rings. The Hall–Kier alpha value is -3.18. The van der Waals surface area contributed by atoms with E-state index in [2.05, 4.69) is 45.9 Å². The van der Waals surface area contributed by atoms with Gasteiger partial charge in [-0.3, -0.25) is 0 Å². The maximum Gasteiger partial charge on any atom is 0.319 e. The maximum absolute atomic E-state index is 13.9. The molecule has 5 heteroatoms. The molecule has 1 atom stereocenters. The van der Waals surface area contributed by atoms with E-state index in [0.717, 1.165) is 44.5 Å². The van der Waals surface area contributed by atoms with E-state index in [0.29, 0.717) is 5.92 Å². The fraction of sp³-hybridized carbons (Fsp3) is 0.296. The predicted octanol–water partition coefficient (Wildman–Crippen LogP) is 5.64.